The van der Waals surface area contributed by atoms with Gasteiger partial charge < -0.3 is 10.1 Å². The first-order chi connectivity index (χ1) is 9.13. The molecule has 0 atom stereocenters. The molecule has 0 spiro atoms. The Bertz CT molecular complexity index is 529. The summed E-state index contributed by atoms with van der Waals surface area (Å²) < 4.78 is 31.7. The Balaban J connectivity index is 2.07. The normalized spacial score (nSPS) is 15.2. The van der Waals surface area contributed by atoms with Gasteiger partial charge in [0.2, 0.25) is 10.0 Å². The molecule has 2 N–H and O–H groups in total. The number of fused-ring (bicyclic) bond motifs is 1. The van der Waals surface area contributed by atoms with Crippen molar-refractivity contribution in [2.24, 2.45) is 0 Å². The van der Waals surface area contributed by atoms with Crippen LogP contribution in [0, 0.1) is 0 Å². The molecule has 1 aromatic carbocycles. The Hall–Kier alpha value is -0.950. The van der Waals surface area contributed by atoms with Crippen LogP contribution in [0.4, 0.5) is 0 Å². The highest BCUT2D eigenvalue weighted by molar-refractivity contribution is 7.89. The standard InChI is InChI=1S/C13H20N2O3S/c1-18-8-2-6-15-19(16,17)13-4-3-11-5-7-14-10-12(11)9-13/h3-4,9,14-15H,2,5-8,10H2,1H3. The molecule has 5 nitrogen and oxygen atoms in total. The third-order valence-electron chi connectivity index (χ3n) is 3.19. The molecule has 106 valence electrons. The average Bonchev–Trinajstić information content (AvgIpc) is 2.43. The van der Waals surface area contributed by atoms with E-state index in [2.05, 4.69) is 10.0 Å². The molecule has 1 aliphatic heterocycles. The van der Waals surface area contributed by atoms with Gasteiger partial charge in [-0.3, -0.25) is 0 Å². The summed E-state index contributed by atoms with van der Waals surface area (Å²) in [6.45, 7) is 2.64. The van der Waals surface area contributed by atoms with Crippen LogP contribution in [-0.4, -0.2) is 35.2 Å². The van der Waals surface area contributed by atoms with Crippen LogP contribution in [-0.2, 0) is 27.7 Å². The summed E-state index contributed by atoms with van der Waals surface area (Å²) in [7, 11) is -1.81. The monoisotopic (exact) mass is 284 g/mol. The second-order valence-electron chi connectivity index (χ2n) is 4.60. The van der Waals surface area contributed by atoms with Crippen LogP contribution in [0.3, 0.4) is 0 Å². The molecule has 1 heterocycles. The van der Waals surface area contributed by atoms with Gasteiger partial charge in [0.1, 0.15) is 0 Å². The first-order valence-electron chi connectivity index (χ1n) is 6.44. The van der Waals surface area contributed by atoms with Gasteiger partial charge in [-0.05, 0) is 42.6 Å². The van der Waals surface area contributed by atoms with Crippen LogP contribution in [0.15, 0.2) is 23.1 Å². The summed E-state index contributed by atoms with van der Waals surface area (Å²) in [6.07, 6.45) is 1.62. The van der Waals surface area contributed by atoms with Crippen LogP contribution >= 0.6 is 0 Å². The molecule has 0 saturated heterocycles. The Morgan fingerprint density at radius 3 is 3.00 bits per heavy atom. The van der Waals surface area contributed by atoms with Crippen LogP contribution in [0.2, 0.25) is 0 Å². The van der Waals surface area contributed by atoms with Gasteiger partial charge >= 0.3 is 0 Å². The van der Waals surface area contributed by atoms with Crippen molar-refractivity contribution in [3.63, 3.8) is 0 Å². The highest BCUT2D eigenvalue weighted by Crippen LogP contribution is 2.18. The zero-order valence-corrected chi connectivity index (χ0v) is 11.9. The van der Waals surface area contributed by atoms with Crippen molar-refractivity contribution in [1.82, 2.24) is 10.0 Å². The summed E-state index contributed by atoms with van der Waals surface area (Å²) in [5.41, 5.74) is 2.31. The van der Waals surface area contributed by atoms with E-state index in [-0.39, 0.29) is 0 Å². The summed E-state index contributed by atoms with van der Waals surface area (Å²) in [4.78, 5) is 0.340. The minimum absolute atomic E-state index is 0.340. The summed E-state index contributed by atoms with van der Waals surface area (Å²) in [6, 6.07) is 5.36. The third-order valence-corrected chi connectivity index (χ3v) is 4.65. The number of ether oxygens (including phenoxy) is 1. The number of nitrogens with one attached hydrogen (secondary N) is 2. The molecule has 2 rings (SSSR count). The number of sulfonamides is 1. The molecule has 0 bridgehead atoms. The predicted octanol–water partition coefficient (Wildman–Crippen LogP) is 0.647. The molecule has 1 aromatic rings. The Kier molecular flexibility index (Phi) is 4.93. The molecule has 0 radical (unpaired) electrons. The average molecular weight is 284 g/mol. The first-order valence-corrected chi connectivity index (χ1v) is 7.93. The fraction of sp³-hybridized carbons (Fsp3) is 0.538. The number of benzene rings is 1. The van der Waals surface area contributed by atoms with Crippen molar-refractivity contribution < 1.29 is 13.2 Å². The zero-order chi connectivity index (χ0) is 13.7. The van der Waals surface area contributed by atoms with Gasteiger partial charge in [-0.15, -0.1) is 0 Å². The quantitative estimate of drug-likeness (QED) is 0.753. The molecule has 0 saturated carbocycles. The smallest absolute Gasteiger partial charge is 0.240 e. The summed E-state index contributed by atoms with van der Waals surface area (Å²) in [5, 5.41) is 3.25. The van der Waals surface area contributed by atoms with E-state index in [9.17, 15) is 8.42 Å². The van der Waals surface area contributed by atoms with E-state index in [1.54, 1.807) is 19.2 Å². The van der Waals surface area contributed by atoms with Crippen molar-refractivity contribution in [3.05, 3.63) is 29.3 Å². The van der Waals surface area contributed by atoms with Gasteiger partial charge in [0.15, 0.2) is 0 Å². The van der Waals surface area contributed by atoms with E-state index in [0.717, 1.165) is 25.1 Å². The molecule has 19 heavy (non-hydrogen) atoms. The summed E-state index contributed by atoms with van der Waals surface area (Å²) >= 11 is 0. The largest absolute Gasteiger partial charge is 0.385 e. The van der Waals surface area contributed by atoms with Gasteiger partial charge in [0, 0.05) is 26.8 Å². The van der Waals surface area contributed by atoms with Crippen molar-refractivity contribution in [2.75, 3.05) is 26.8 Å². The molecule has 0 aliphatic carbocycles. The van der Waals surface area contributed by atoms with E-state index < -0.39 is 10.0 Å². The molecule has 0 unspecified atom stereocenters. The van der Waals surface area contributed by atoms with E-state index in [0.29, 0.717) is 24.5 Å². The van der Waals surface area contributed by atoms with E-state index >= 15 is 0 Å². The van der Waals surface area contributed by atoms with Gasteiger partial charge in [0.05, 0.1) is 4.90 Å². The minimum Gasteiger partial charge on any atom is -0.385 e. The molecule has 1 aliphatic rings. The van der Waals surface area contributed by atoms with Gasteiger partial charge in [-0.1, -0.05) is 6.07 Å². The lowest BCUT2D eigenvalue weighted by molar-refractivity contribution is 0.196. The highest BCUT2D eigenvalue weighted by Gasteiger charge is 2.16. The van der Waals surface area contributed by atoms with Crippen LogP contribution < -0.4 is 10.0 Å². The van der Waals surface area contributed by atoms with Crippen molar-refractivity contribution in [1.29, 1.82) is 0 Å². The lowest BCUT2D eigenvalue weighted by Crippen LogP contribution is -2.27. The SMILES string of the molecule is COCCCNS(=O)(=O)c1ccc2c(c1)CNCC2. The van der Waals surface area contributed by atoms with Crippen molar-refractivity contribution in [3.8, 4) is 0 Å². The van der Waals surface area contributed by atoms with E-state index in [1.807, 2.05) is 6.07 Å². The van der Waals surface area contributed by atoms with Crippen molar-refractivity contribution in [2.45, 2.75) is 24.3 Å². The Morgan fingerprint density at radius 1 is 1.37 bits per heavy atom. The molecular formula is C13H20N2O3S. The van der Waals surface area contributed by atoms with Crippen LogP contribution in [0.25, 0.3) is 0 Å². The second kappa shape index (κ2) is 6.47. The van der Waals surface area contributed by atoms with Gasteiger partial charge in [-0.25, -0.2) is 13.1 Å². The number of hydrogen-bond donors (Lipinski definition) is 2. The first kappa shape index (κ1) is 14.5. The maximum atomic E-state index is 12.1. The lowest BCUT2D eigenvalue weighted by Gasteiger charge is -2.18. The van der Waals surface area contributed by atoms with Gasteiger partial charge in [0.25, 0.3) is 0 Å². The molecule has 6 heteroatoms. The third kappa shape index (κ3) is 3.76. The van der Waals surface area contributed by atoms with Crippen molar-refractivity contribution >= 4 is 10.0 Å². The van der Waals surface area contributed by atoms with Crippen LogP contribution in [0.5, 0.6) is 0 Å². The van der Waals surface area contributed by atoms with Gasteiger partial charge in [-0.2, -0.15) is 0 Å². The Labute approximate surface area is 114 Å². The molecular weight excluding hydrogens is 264 g/mol. The molecule has 0 amide bonds. The lowest BCUT2D eigenvalue weighted by atomic mass is 10.0. The highest BCUT2D eigenvalue weighted by atomic mass is 32.2. The topological polar surface area (TPSA) is 67.4 Å². The number of rotatable bonds is 6. The number of hydrogen-bond acceptors (Lipinski definition) is 4. The molecule has 0 aromatic heterocycles. The fourth-order valence-electron chi connectivity index (χ4n) is 2.13. The minimum atomic E-state index is -3.41. The number of methoxy groups -OCH3 is 1. The predicted molar refractivity (Wildman–Crippen MR) is 73.5 cm³/mol. The van der Waals surface area contributed by atoms with E-state index in [4.69, 9.17) is 4.74 Å². The fourth-order valence-corrected chi connectivity index (χ4v) is 3.25. The Morgan fingerprint density at radius 2 is 2.21 bits per heavy atom. The van der Waals surface area contributed by atoms with Crippen LogP contribution in [0.1, 0.15) is 17.5 Å². The maximum Gasteiger partial charge on any atom is 0.240 e. The molecule has 0 fully saturated rings. The maximum absolute atomic E-state index is 12.1. The zero-order valence-electron chi connectivity index (χ0n) is 11.1. The van der Waals surface area contributed by atoms with E-state index in [1.165, 1.54) is 5.56 Å². The summed E-state index contributed by atoms with van der Waals surface area (Å²) in [5.74, 6) is 0. The second-order valence-corrected chi connectivity index (χ2v) is 6.37.